The van der Waals surface area contributed by atoms with E-state index >= 15 is 0 Å². The molecule has 2 aromatic carbocycles. The summed E-state index contributed by atoms with van der Waals surface area (Å²) in [6.45, 7) is 3.92. The van der Waals surface area contributed by atoms with E-state index in [2.05, 4.69) is 25.9 Å². The number of nitrogens with one attached hydrogen (secondary N) is 2. The minimum absolute atomic E-state index is 0.143. The molecule has 1 aliphatic rings. The average molecular weight is 441 g/mol. The molecule has 2 N–H and O–H groups in total. The van der Waals surface area contributed by atoms with E-state index in [1.807, 2.05) is 80.6 Å². The van der Waals surface area contributed by atoms with Crippen LogP contribution in [0.3, 0.4) is 0 Å². The second kappa shape index (κ2) is 8.74. The molecule has 1 aliphatic heterocycles. The number of aromatic nitrogens is 4. The minimum atomic E-state index is -0.492. The molecule has 0 fully saturated rings. The van der Waals surface area contributed by atoms with Crippen molar-refractivity contribution < 1.29 is 9.53 Å². The van der Waals surface area contributed by atoms with Gasteiger partial charge in [0.15, 0.2) is 17.7 Å². The molecular formula is C25H24N6O2. The van der Waals surface area contributed by atoms with Crippen molar-refractivity contribution >= 4 is 23.1 Å². The highest BCUT2D eigenvalue weighted by Gasteiger charge is 2.25. The highest BCUT2D eigenvalue weighted by molar-refractivity contribution is 5.94. The quantitative estimate of drug-likeness (QED) is 0.479. The summed E-state index contributed by atoms with van der Waals surface area (Å²) in [5, 5.41) is 19.1. The second-order valence-corrected chi connectivity index (χ2v) is 8.06. The molecule has 0 spiro atoms. The normalized spacial score (nSPS) is 14.8. The van der Waals surface area contributed by atoms with Crippen molar-refractivity contribution in [1.29, 1.82) is 0 Å². The van der Waals surface area contributed by atoms with E-state index in [-0.39, 0.29) is 5.91 Å². The first-order valence-electron chi connectivity index (χ1n) is 10.8. The fourth-order valence-electron chi connectivity index (χ4n) is 3.88. The summed E-state index contributed by atoms with van der Waals surface area (Å²) in [4.78, 5) is 12.7. The SMILES string of the molecule is Cc1cc(C)n(-c2ccc(Nc3ccc(NC(=O)C4CCc5ccccc5O4)cc3)nn2)n1. The van der Waals surface area contributed by atoms with Crippen LogP contribution in [-0.2, 0) is 11.2 Å². The lowest BCUT2D eigenvalue weighted by atomic mass is 10.0. The molecule has 8 heteroatoms. The van der Waals surface area contributed by atoms with Crippen molar-refractivity contribution in [3.05, 3.63) is 83.7 Å². The Morgan fingerprint density at radius 3 is 2.52 bits per heavy atom. The van der Waals surface area contributed by atoms with E-state index in [9.17, 15) is 4.79 Å². The summed E-state index contributed by atoms with van der Waals surface area (Å²) in [7, 11) is 0. The number of para-hydroxylation sites is 1. The molecule has 1 amide bonds. The third kappa shape index (κ3) is 4.55. The number of nitrogens with zero attached hydrogens (tertiary/aromatic N) is 4. The van der Waals surface area contributed by atoms with Crippen LogP contribution in [0, 0.1) is 13.8 Å². The Bertz CT molecular complexity index is 1280. The zero-order chi connectivity index (χ0) is 22.8. The largest absolute Gasteiger partial charge is 0.480 e. The van der Waals surface area contributed by atoms with Gasteiger partial charge in [0.1, 0.15) is 5.75 Å². The lowest BCUT2D eigenvalue weighted by molar-refractivity contribution is -0.123. The van der Waals surface area contributed by atoms with Crippen LogP contribution in [0.2, 0.25) is 0 Å². The third-order valence-corrected chi connectivity index (χ3v) is 5.51. The Morgan fingerprint density at radius 2 is 1.79 bits per heavy atom. The molecule has 8 nitrogen and oxygen atoms in total. The summed E-state index contributed by atoms with van der Waals surface area (Å²) < 4.78 is 7.64. The van der Waals surface area contributed by atoms with Crippen LogP contribution in [-0.4, -0.2) is 32.0 Å². The summed E-state index contributed by atoms with van der Waals surface area (Å²) >= 11 is 0. The van der Waals surface area contributed by atoms with E-state index < -0.39 is 6.10 Å². The number of anilines is 3. The highest BCUT2D eigenvalue weighted by atomic mass is 16.5. The van der Waals surface area contributed by atoms with Crippen LogP contribution in [0.15, 0.2) is 66.7 Å². The topological polar surface area (TPSA) is 94.0 Å². The number of carbonyl (C=O) groups is 1. The number of benzene rings is 2. The molecular weight excluding hydrogens is 416 g/mol. The fraction of sp³-hybridized carbons (Fsp3) is 0.200. The van der Waals surface area contributed by atoms with Crippen LogP contribution < -0.4 is 15.4 Å². The van der Waals surface area contributed by atoms with E-state index in [1.54, 1.807) is 4.68 Å². The van der Waals surface area contributed by atoms with Gasteiger partial charge >= 0.3 is 0 Å². The minimum Gasteiger partial charge on any atom is -0.480 e. The summed E-state index contributed by atoms with van der Waals surface area (Å²) in [6.07, 6.45) is 0.999. The van der Waals surface area contributed by atoms with Crippen molar-refractivity contribution in [2.24, 2.45) is 0 Å². The smallest absolute Gasteiger partial charge is 0.265 e. The number of ether oxygens (including phenoxy) is 1. The van der Waals surface area contributed by atoms with Crippen molar-refractivity contribution in [1.82, 2.24) is 20.0 Å². The lowest BCUT2D eigenvalue weighted by Gasteiger charge is -2.25. The lowest BCUT2D eigenvalue weighted by Crippen LogP contribution is -2.35. The molecule has 0 bridgehead atoms. The van der Waals surface area contributed by atoms with Crippen molar-refractivity contribution in [3.63, 3.8) is 0 Å². The van der Waals surface area contributed by atoms with Gasteiger partial charge in [-0.15, -0.1) is 10.2 Å². The van der Waals surface area contributed by atoms with Crippen LogP contribution in [0.25, 0.3) is 5.82 Å². The zero-order valence-electron chi connectivity index (χ0n) is 18.4. The Balaban J connectivity index is 1.19. The molecule has 0 radical (unpaired) electrons. The van der Waals surface area contributed by atoms with Gasteiger partial charge in [-0.3, -0.25) is 4.79 Å². The summed E-state index contributed by atoms with van der Waals surface area (Å²) in [5.74, 6) is 1.92. The highest BCUT2D eigenvalue weighted by Crippen LogP contribution is 2.28. The summed E-state index contributed by atoms with van der Waals surface area (Å²) in [5.41, 5.74) is 4.62. The predicted octanol–water partition coefficient (Wildman–Crippen LogP) is 4.36. The van der Waals surface area contributed by atoms with Gasteiger partial charge in [-0.05, 0) is 80.8 Å². The van der Waals surface area contributed by atoms with Gasteiger partial charge < -0.3 is 15.4 Å². The maximum atomic E-state index is 12.7. The van der Waals surface area contributed by atoms with Gasteiger partial charge in [-0.25, -0.2) is 4.68 Å². The number of hydrogen-bond acceptors (Lipinski definition) is 6. The molecule has 0 saturated carbocycles. The monoisotopic (exact) mass is 440 g/mol. The maximum Gasteiger partial charge on any atom is 0.265 e. The third-order valence-electron chi connectivity index (χ3n) is 5.51. The predicted molar refractivity (Wildman–Crippen MR) is 126 cm³/mol. The van der Waals surface area contributed by atoms with E-state index in [0.717, 1.165) is 34.8 Å². The van der Waals surface area contributed by atoms with Gasteiger partial charge in [0.05, 0.1) is 5.69 Å². The fourth-order valence-corrected chi connectivity index (χ4v) is 3.88. The molecule has 1 atom stereocenters. The molecule has 0 aliphatic carbocycles. The Kier molecular flexibility index (Phi) is 5.48. The van der Waals surface area contributed by atoms with Gasteiger partial charge in [0, 0.05) is 17.1 Å². The number of fused-ring (bicyclic) bond motifs is 1. The molecule has 166 valence electrons. The number of hydrogen-bond donors (Lipinski definition) is 2. The molecule has 2 aromatic heterocycles. The van der Waals surface area contributed by atoms with Crippen molar-refractivity contribution in [2.45, 2.75) is 32.8 Å². The molecule has 3 heterocycles. The standard InChI is InChI=1S/C25H24N6O2/c1-16-15-17(2)31(30-16)24-14-13-23(28-29-24)26-19-8-10-20(11-9-19)27-25(32)22-12-7-18-5-3-4-6-21(18)33-22/h3-6,8-11,13-15,22H,7,12H2,1-2H3,(H,26,28)(H,27,32). The van der Waals surface area contributed by atoms with E-state index in [0.29, 0.717) is 23.7 Å². The first-order valence-corrected chi connectivity index (χ1v) is 10.8. The van der Waals surface area contributed by atoms with Crippen molar-refractivity contribution in [3.8, 4) is 11.6 Å². The number of amides is 1. The molecule has 5 rings (SSSR count). The Morgan fingerprint density at radius 1 is 1.00 bits per heavy atom. The molecule has 33 heavy (non-hydrogen) atoms. The van der Waals surface area contributed by atoms with E-state index in [1.165, 1.54) is 0 Å². The summed E-state index contributed by atoms with van der Waals surface area (Å²) in [6, 6.07) is 21.0. The zero-order valence-corrected chi connectivity index (χ0v) is 18.4. The molecule has 4 aromatic rings. The second-order valence-electron chi connectivity index (χ2n) is 8.06. The first-order chi connectivity index (χ1) is 16.0. The van der Waals surface area contributed by atoms with Gasteiger partial charge in [0.25, 0.3) is 5.91 Å². The average Bonchev–Trinajstić information content (AvgIpc) is 3.18. The van der Waals surface area contributed by atoms with Crippen LogP contribution >= 0.6 is 0 Å². The Hall–Kier alpha value is -4.20. The van der Waals surface area contributed by atoms with Gasteiger partial charge in [-0.2, -0.15) is 5.10 Å². The number of rotatable bonds is 5. The van der Waals surface area contributed by atoms with Crippen LogP contribution in [0.4, 0.5) is 17.2 Å². The number of aryl methyl sites for hydroxylation is 3. The molecule has 1 unspecified atom stereocenters. The van der Waals surface area contributed by atoms with Gasteiger partial charge in [0.2, 0.25) is 0 Å². The Labute approximate surface area is 191 Å². The van der Waals surface area contributed by atoms with Gasteiger partial charge in [-0.1, -0.05) is 18.2 Å². The van der Waals surface area contributed by atoms with Crippen molar-refractivity contribution in [2.75, 3.05) is 10.6 Å². The van der Waals surface area contributed by atoms with Crippen LogP contribution in [0.5, 0.6) is 5.75 Å². The first kappa shape index (κ1) is 20.7. The number of carbonyl (C=O) groups excluding carboxylic acids is 1. The van der Waals surface area contributed by atoms with Crippen LogP contribution in [0.1, 0.15) is 23.4 Å². The maximum absolute atomic E-state index is 12.7. The molecule has 0 saturated heterocycles. The van der Waals surface area contributed by atoms with E-state index in [4.69, 9.17) is 4.74 Å².